The Balaban J connectivity index is 0.00000450. The molecule has 0 spiro atoms. The highest BCUT2D eigenvalue weighted by molar-refractivity contribution is 14.0. The number of rotatable bonds is 10. The number of hydrogen-bond donors (Lipinski definition) is 3. The van der Waals surface area contributed by atoms with Gasteiger partial charge in [0.1, 0.15) is 0 Å². The highest BCUT2D eigenvalue weighted by atomic mass is 127. The van der Waals surface area contributed by atoms with Gasteiger partial charge in [0.05, 0.1) is 18.1 Å². The van der Waals surface area contributed by atoms with Gasteiger partial charge in [0, 0.05) is 20.1 Å². The molecule has 3 N–H and O–H groups in total. The molecule has 0 saturated carbocycles. The maximum absolute atomic E-state index is 11.8. The Morgan fingerprint density at radius 2 is 1.70 bits per heavy atom. The third-order valence-corrected chi connectivity index (χ3v) is 5.75. The molecule has 30 heavy (non-hydrogen) atoms. The van der Waals surface area contributed by atoms with Gasteiger partial charge in [0.2, 0.25) is 10.0 Å². The van der Waals surface area contributed by atoms with Crippen molar-refractivity contribution in [1.82, 2.24) is 15.4 Å². The van der Waals surface area contributed by atoms with E-state index in [-0.39, 0.29) is 28.9 Å². The zero-order valence-electron chi connectivity index (χ0n) is 17.6. The Kier molecular flexibility index (Phi) is 11.9. The maximum Gasteiger partial charge on any atom is 0.240 e. The molecule has 2 aromatic carbocycles. The first-order valence-electron chi connectivity index (χ1n) is 9.53. The van der Waals surface area contributed by atoms with Crippen LogP contribution in [0.5, 0.6) is 0 Å². The molecule has 0 aliphatic carbocycles. The first kappa shape index (κ1) is 26.3. The van der Waals surface area contributed by atoms with Crippen molar-refractivity contribution in [3.8, 4) is 0 Å². The Hall–Kier alpha value is -1.69. The molecule has 2 aromatic rings. The average molecular weight is 546 g/mol. The molecule has 1 atom stereocenters. The largest absolute Gasteiger partial charge is 0.376 e. The molecule has 9 heteroatoms. The van der Waals surface area contributed by atoms with Crippen LogP contribution >= 0.6 is 24.0 Å². The van der Waals surface area contributed by atoms with Crippen LogP contribution in [0.25, 0.3) is 0 Å². The van der Waals surface area contributed by atoms with Crippen LogP contribution in [0, 0.1) is 5.92 Å². The van der Waals surface area contributed by atoms with Gasteiger partial charge in [0.25, 0.3) is 0 Å². The highest BCUT2D eigenvalue weighted by Gasteiger charge is 2.10. The zero-order chi connectivity index (χ0) is 21.1. The van der Waals surface area contributed by atoms with Crippen LogP contribution in [0.1, 0.15) is 18.1 Å². The molecular formula is C21H31IN4O3S. The Morgan fingerprint density at radius 1 is 1.03 bits per heavy atom. The summed E-state index contributed by atoms with van der Waals surface area (Å²) >= 11 is 0. The number of benzene rings is 2. The van der Waals surface area contributed by atoms with Gasteiger partial charge in [-0.2, -0.15) is 0 Å². The quantitative estimate of drug-likeness (QED) is 0.242. The number of halogens is 1. The maximum atomic E-state index is 11.8. The lowest BCUT2D eigenvalue weighted by Crippen LogP contribution is -2.39. The Morgan fingerprint density at radius 3 is 2.30 bits per heavy atom. The summed E-state index contributed by atoms with van der Waals surface area (Å²) in [7, 11) is -0.299. The summed E-state index contributed by atoms with van der Waals surface area (Å²) in [6.45, 7) is 4.65. The number of nitrogens with one attached hydrogen (secondary N) is 3. The predicted octanol–water partition coefficient (Wildman–Crippen LogP) is 2.73. The van der Waals surface area contributed by atoms with Gasteiger partial charge < -0.3 is 15.4 Å². The van der Waals surface area contributed by atoms with Crippen molar-refractivity contribution in [2.24, 2.45) is 10.9 Å². The number of hydrogen-bond acceptors (Lipinski definition) is 4. The molecule has 7 nitrogen and oxygen atoms in total. The predicted molar refractivity (Wildman–Crippen MR) is 132 cm³/mol. The topological polar surface area (TPSA) is 91.8 Å². The van der Waals surface area contributed by atoms with Crippen molar-refractivity contribution >= 4 is 40.0 Å². The summed E-state index contributed by atoms with van der Waals surface area (Å²) in [6.07, 6.45) is 0. The second kappa shape index (κ2) is 13.6. The molecule has 1 unspecified atom stereocenters. The molecule has 0 aliphatic heterocycles. The normalized spacial score (nSPS) is 12.7. The van der Waals surface area contributed by atoms with Crippen molar-refractivity contribution in [1.29, 1.82) is 0 Å². The highest BCUT2D eigenvalue weighted by Crippen LogP contribution is 2.10. The monoisotopic (exact) mass is 546 g/mol. The fraction of sp³-hybridized carbons (Fsp3) is 0.381. The molecule has 0 amide bonds. The molecule has 0 aromatic heterocycles. The van der Waals surface area contributed by atoms with Crippen molar-refractivity contribution in [2.75, 3.05) is 27.2 Å². The van der Waals surface area contributed by atoms with Gasteiger partial charge in [-0.15, -0.1) is 24.0 Å². The average Bonchev–Trinajstić information content (AvgIpc) is 2.75. The van der Waals surface area contributed by atoms with Crippen LogP contribution in [0.3, 0.4) is 0 Å². The number of sulfonamides is 1. The summed E-state index contributed by atoms with van der Waals surface area (Å²) in [5.74, 6) is 1.01. The summed E-state index contributed by atoms with van der Waals surface area (Å²) in [5, 5.41) is 6.51. The van der Waals surface area contributed by atoms with Crippen LogP contribution in [-0.2, 0) is 27.9 Å². The summed E-state index contributed by atoms with van der Waals surface area (Å²) < 4.78 is 31.6. The molecule has 0 fully saturated rings. The van der Waals surface area contributed by atoms with Gasteiger partial charge in [-0.05, 0) is 36.2 Å². The van der Waals surface area contributed by atoms with Crippen LogP contribution in [0.2, 0.25) is 0 Å². The Bertz CT molecular complexity index is 875. The van der Waals surface area contributed by atoms with Crippen LogP contribution in [0.15, 0.2) is 64.5 Å². The fourth-order valence-corrected chi connectivity index (χ4v) is 3.32. The molecule has 0 saturated heterocycles. The smallest absolute Gasteiger partial charge is 0.240 e. The summed E-state index contributed by atoms with van der Waals surface area (Å²) in [5.41, 5.74) is 2.13. The van der Waals surface area contributed by atoms with Gasteiger partial charge in [-0.25, -0.2) is 13.1 Å². The van der Waals surface area contributed by atoms with Gasteiger partial charge >= 0.3 is 0 Å². The molecule has 0 aliphatic rings. The van der Waals surface area contributed by atoms with Crippen molar-refractivity contribution < 1.29 is 13.2 Å². The minimum absolute atomic E-state index is 0. The molecular weight excluding hydrogens is 515 g/mol. The second-order valence-corrected chi connectivity index (χ2v) is 8.65. The Labute approximate surface area is 196 Å². The SMILES string of the molecule is CN=C(NCc1ccc(S(=O)(=O)NC)cc1)NCC(C)COCc1ccccc1.I. The van der Waals surface area contributed by atoms with E-state index in [1.807, 2.05) is 18.2 Å². The number of nitrogens with zero attached hydrogens (tertiary/aromatic N) is 1. The first-order valence-corrected chi connectivity index (χ1v) is 11.0. The number of guanidine groups is 1. The van der Waals surface area contributed by atoms with E-state index in [4.69, 9.17) is 4.74 Å². The lowest BCUT2D eigenvalue weighted by atomic mass is 10.2. The van der Waals surface area contributed by atoms with Crippen LogP contribution in [-0.4, -0.2) is 41.6 Å². The van der Waals surface area contributed by atoms with E-state index in [9.17, 15) is 8.42 Å². The molecule has 166 valence electrons. The van der Waals surface area contributed by atoms with Crippen molar-refractivity contribution in [3.63, 3.8) is 0 Å². The first-order chi connectivity index (χ1) is 13.9. The van der Waals surface area contributed by atoms with Gasteiger partial charge in [-0.1, -0.05) is 49.4 Å². The number of aliphatic imine (C=N–C) groups is 1. The van der Waals surface area contributed by atoms with E-state index in [1.165, 1.54) is 12.6 Å². The van der Waals surface area contributed by atoms with E-state index >= 15 is 0 Å². The van der Waals surface area contributed by atoms with Crippen LogP contribution in [0.4, 0.5) is 0 Å². The van der Waals surface area contributed by atoms with Gasteiger partial charge in [-0.3, -0.25) is 4.99 Å². The van der Waals surface area contributed by atoms with E-state index < -0.39 is 10.0 Å². The number of ether oxygens (including phenoxy) is 1. The minimum atomic E-state index is -3.41. The molecule has 0 heterocycles. The van der Waals surface area contributed by atoms with E-state index in [1.54, 1.807) is 31.3 Å². The van der Waals surface area contributed by atoms with Gasteiger partial charge in [0.15, 0.2) is 5.96 Å². The molecule has 0 bridgehead atoms. The zero-order valence-corrected chi connectivity index (χ0v) is 20.7. The lowest BCUT2D eigenvalue weighted by Gasteiger charge is -2.16. The summed E-state index contributed by atoms with van der Waals surface area (Å²) in [4.78, 5) is 4.47. The lowest BCUT2D eigenvalue weighted by molar-refractivity contribution is 0.0931. The fourth-order valence-electron chi connectivity index (χ4n) is 2.59. The van der Waals surface area contributed by atoms with E-state index in [2.05, 4.69) is 39.4 Å². The third kappa shape index (κ3) is 8.99. The minimum Gasteiger partial charge on any atom is -0.376 e. The molecule has 0 radical (unpaired) electrons. The standard InChI is InChI=1S/C21H30N4O3S.HI/c1-17(15-28-16-19-7-5-4-6-8-19)13-24-21(22-2)25-14-18-9-11-20(12-10-18)29(26,27)23-3;/h4-12,17,23H,13-16H2,1-3H3,(H2,22,24,25);1H. The molecule has 2 rings (SSSR count). The third-order valence-electron chi connectivity index (χ3n) is 4.32. The second-order valence-electron chi connectivity index (χ2n) is 6.76. The van der Waals surface area contributed by atoms with Crippen LogP contribution < -0.4 is 15.4 Å². The van der Waals surface area contributed by atoms with E-state index in [0.717, 1.165) is 12.1 Å². The summed E-state index contributed by atoms with van der Waals surface area (Å²) in [6, 6.07) is 16.8. The van der Waals surface area contributed by atoms with Crippen molar-refractivity contribution in [2.45, 2.75) is 25.0 Å². The van der Waals surface area contributed by atoms with Crippen molar-refractivity contribution in [3.05, 3.63) is 65.7 Å². The van der Waals surface area contributed by atoms with E-state index in [0.29, 0.717) is 31.6 Å².